The molecule has 0 fully saturated rings. The second-order valence-electron chi connectivity index (χ2n) is 5.83. The molecule has 0 saturated carbocycles. The van der Waals surface area contributed by atoms with Crippen LogP contribution in [0.4, 0.5) is 27.6 Å². The number of aromatic nitrogens is 2. The van der Waals surface area contributed by atoms with E-state index in [4.69, 9.17) is 6.57 Å². The number of ketones is 1. The maximum absolute atomic E-state index is 13.1. The summed E-state index contributed by atoms with van der Waals surface area (Å²) in [6.45, 7) is 9.48. The highest BCUT2D eigenvalue weighted by Gasteiger charge is 2.35. The first-order chi connectivity index (χ1) is 11.5. The Kier molecular flexibility index (Phi) is 4.66. The Hall–Kier alpha value is -2.76. The summed E-state index contributed by atoms with van der Waals surface area (Å²) in [5.74, 6) is -3.21. The first-order valence-corrected chi connectivity index (χ1v) is 6.99. The first-order valence-electron chi connectivity index (χ1n) is 6.99. The minimum atomic E-state index is -4.73. The number of carbonyl (C=O) groups excluding carboxylic acids is 1. The molecule has 0 aliphatic rings. The zero-order valence-corrected chi connectivity index (χ0v) is 13.2. The van der Waals surface area contributed by atoms with Gasteiger partial charge in [-0.05, 0) is 19.4 Å². The van der Waals surface area contributed by atoms with Crippen LogP contribution in [0.1, 0.15) is 25.0 Å². The summed E-state index contributed by atoms with van der Waals surface area (Å²) in [7, 11) is 0. The van der Waals surface area contributed by atoms with Gasteiger partial charge in [0.2, 0.25) is 0 Å². The highest BCUT2D eigenvalue weighted by atomic mass is 19.4. The van der Waals surface area contributed by atoms with E-state index < -0.39 is 46.9 Å². The molecule has 0 spiro atoms. The lowest BCUT2D eigenvalue weighted by molar-refractivity contribution is -0.137. The van der Waals surface area contributed by atoms with Gasteiger partial charge in [-0.2, -0.15) is 17.6 Å². The van der Waals surface area contributed by atoms with Gasteiger partial charge in [0.15, 0.2) is 17.3 Å². The maximum Gasteiger partial charge on any atom is 0.407 e. The Morgan fingerprint density at radius 2 is 1.92 bits per heavy atom. The summed E-state index contributed by atoms with van der Waals surface area (Å²) < 4.78 is 65.9. The van der Waals surface area contributed by atoms with Gasteiger partial charge in [0.05, 0.1) is 18.3 Å². The van der Waals surface area contributed by atoms with Gasteiger partial charge < -0.3 is 0 Å². The highest BCUT2D eigenvalue weighted by Crippen LogP contribution is 2.37. The molecule has 0 aliphatic carbocycles. The van der Waals surface area contributed by atoms with E-state index in [1.165, 1.54) is 19.9 Å². The van der Waals surface area contributed by atoms with Crippen LogP contribution in [0.2, 0.25) is 0 Å². The van der Waals surface area contributed by atoms with E-state index in [1.54, 1.807) is 0 Å². The zero-order valence-electron chi connectivity index (χ0n) is 13.2. The van der Waals surface area contributed by atoms with E-state index in [2.05, 4.69) is 9.94 Å². The van der Waals surface area contributed by atoms with Crippen LogP contribution in [0.3, 0.4) is 0 Å². The Bertz CT molecular complexity index is 842. The number of benzene rings is 1. The first kappa shape index (κ1) is 18.6. The molecule has 0 amide bonds. The molecular formula is C16H12F5N3O. The van der Waals surface area contributed by atoms with Crippen molar-refractivity contribution in [2.24, 2.45) is 0 Å². The van der Waals surface area contributed by atoms with Crippen LogP contribution >= 0.6 is 0 Å². The number of halogens is 5. The second kappa shape index (κ2) is 6.27. The molecule has 25 heavy (non-hydrogen) atoms. The third-order valence-electron chi connectivity index (χ3n) is 3.73. The number of Topliss-reactive ketones (excluding diaryl/α,β-unsaturated/α-hetero) is 1. The maximum atomic E-state index is 13.1. The Morgan fingerprint density at radius 1 is 1.28 bits per heavy atom. The van der Waals surface area contributed by atoms with E-state index in [0.29, 0.717) is 6.20 Å². The number of hydrogen-bond donors (Lipinski definition) is 0. The van der Waals surface area contributed by atoms with Gasteiger partial charge >= 0.3 is 6.18 Å². The standard InChI is InChI=1S/C16H12F5N3O/c1-15(2,24-8-11(17)14(18)23-24)13(25)7-9-4-5-12(22-3)10(6-9)16(19,20)21/h4-6,8H,7H2,1-2H3. The molecule has 132 valence electrons. The van der Waals surface area contributed by atoms with Gasteiger partial charge in [-0.25, -0.2) is 9.24 Å². The van der Waals surface area contributed by atoms with Crippen LogP contribution in [0.15, 0.2) is 24.4 Å². The van der Waals surface area contributed by atoms with Crippen molar-refractivity contribution in [2.45, 2.75) is 32.0 Å². The molecule has 0 N–H and O–H groups in total. The molecule has 2 rings (SSSR count). The van der Waals surface area contributed by atoms with Crippen molar-refractivity contribution in [1.29, 1.82) is 0 Å². The zero-order chi connectivity index (χ0) is 19.0. The average molecular weight is 357 g/mol. The number of carbonyl (C=O) groups is 1. The smallest absolute Gasteiger partial charge is 0.297 e. The molecule has 0 bridgehead atoms. The normalized spacial score (nSPS) is 12.1. The second-order valence-corrected chi connectivity index (χ2v) is 5.83. The lowest BCUT2D eigenvalue weighted by Crippen LogP contribution is -2.37. The van der Waals surface area contributed by atoms with Crippen molar-refractivity contribution < 1.29 is 26.7 Å². The van der Waals surface area contributed by atoms with E-state index in [1.807, 2.05) is 0 Å². The van der Waals surface area contributed by atoms with Gasteiger partial charge in [0.1, 0.15) is 5.54 Å². The van der Waals surface area contributed by atoms with Crippen molar-refractivity contribution in [1.82, 2.24) is 9.78 Å². The van der Waals surface area contributed by atoms with Gasteiger partial charge in [-0.3, -0.25) is 9.48 Å². The fourth-order valence-electron chi connectivity index (χ4n) is 2.17. The minimum absolute atomic E-state index is 0.0332. The Morgan fingerprint density at radius 3 is 2.40 bits per heavy atom. The SMILES string of the molecule is [C-]#[N+]c1ccc(CC(=O)C(C)(C)n2cc(F)c(F)n2)cc1C(F)(F)F. The molecule has 0 saturated heterocycles. The Balaban J connectivity index is 2.33. The van der Waals surface area contributed by atoms with Crippen LogP contribution in [0, 0.1) is 18.3 Å². The number of rotatable bonds is 4. The summed E-state index contributed by atoms with van der Waals surface area (Å²) >= 11 is 0. The Labute approximate surface area is 139 Å². The summed E-state index contributed by atoms with van der Waals surface area (Å²) in [4.78, 5) is 15.2. The monoisotopic (exact) mass is 357 g/mol. The highest BCUT2D eigenvalue weighted by molar-refractivity contribution is 5.87. The molecular weight excluding hydrogens is 345 g/mol. The van der Waals surface area contributed by atoms with Gasteiger partial charge in [-0.1, -0.05) is 18.2 Å². The van der Waals surface area contributed by atoms with E-state index >= 15 is 0 Å². The predicted octanol–water partition coefficient (Wildman–Crippen LogP) is 4.28. The van der Waals surface area contributed by atoms with Crippen molar-refractivity contribution in [2.75, 3.05) is 0 Å². The number of alkyl halides is 3. The molecule has 1 heterocycles. The molecule has 0 radical (unpaired) electrons. The third kappa shape index (κ3) is 3.68. The van der Waals surface area contributed by atoms with Crippen LogP contribution in [0.25, 0.3) is 4.85 Å². The molecule has 4 nitrogen and oxygen atoms in total. The third-order valence-corrected chi connectivity index (χ3v) is 3.73. The molecule has 2 aromatic rings. The van der Waals surface area contributed by atoms with Gasteiger partial charge in [-0.15, -0.1) is 5.10 Å². The number of nitrogens with zero attached hydrogens (tertiary/aromatic N) is 3. The quantitative estimate of drug-likeness (QED) is 0.605. The number of hydrogen-bond acceptors (Lipinski definition) is 2. The van der Waals surface area contributed by atoms with Gasteiger partial charge in [0, 0.05) is 6.42 Å². The minimum Gasteiger partial charge on any atom is -0.297 e. The largest absolute Gasteiger partial charge is 0.407 e. The van der Waals surface area contributed by atoms with Crippen molar-refractivity contribution in [3.05, 3.63) is 58.7 Å². The van der Waals surface area contributed by atoms with E-state index in [9.17, 15) is 26.7 Å². The fraction of sp³-hybridized carbons (Fsp3) is 0.312. The van der Waals surface area contributed by atoms with Crippen LogP contribution < -0.4 is 0 Å². The lowest BCUT2D eigenvalue weighted by Gasteiger charge is -2.23. The summed E-state index contributed by atoms with van der Waals surface area (Å²) in [6, 6.07) is 2.95. The molecule has 1 aromatic carbocycles. The van der Waals surface area contributed by atoms with Crippen molar-refractivity contribution in [3.63, 3.8) is 0 Å². The topological polar surface area (TPSA) is 39.2 Å². The molecule has 0 atom stereocenters. The molecule has 1 aromatic heterocycles. The molecule has 0 aliphatic heterocycles. The molecule has 0 unspecified atom stereocenters. The summed E-state index contributed by atoms with van der Waals surface area (Å²) in [6.07, 6.45) is -4.45. The van der Waals surface area contributed by atoms with Crippen LogP contribution in [-0.4, -0.2) is 15.6 Å². The average Bonchev–Trinajstić information content (AvgIpc) is 2.86. The summed E-state index contributed by atoms with van der Waals surface area (Å²) in [5.41, 5.74) is -3.14. The van der Waals surface area contributed by atoms with Crippen molar-refractivity contribution >= 4 is 11.5 Å². The van der Waals surface area contributed by atoms with Crippen LogP contribution in [0.5, 0.6) is 0 Å². The van der Waals surface area contributed by atoms with E-state index in [0.717, 1.165) is 16.8 Å². The fourth-order valence-corrected chi connectivity index (χ4v) is 2.17. The molecule has 9 heteroatoms. The lowest BCUT2D eigenvalue weighted by atomic mass is 9.93. The summed E-state index contributed by atoms with van der Waals surface area (Å²) in [5, 5.41) is 3.26. The van der Waals surface area contributed by atoms with Crippen molar-refractivity contribution in [3.8, 4) is 0 Å². The van der Waals surface area contributed by atoms with E-state index in [-0.39, 0.29) is 5.56 Å². The van der Waals surface area contributed by atoms with Crippen LogP contribution in [-0.2, 0) is 22.9 Å². The predicted molar refractivity (Wildman–Crippen MR) is 77.9 cm³/mol. The van der Waals surface area contributed by atoms with Gasteiger partial charge in [0.25, 0.3) is 5.95 Å².